The summed E-state index contributed by atoms with van der Waals surface area (Å²) >= 11 is 3.81. The zero-order chi connectivity index (χ0) is 14.8. The van der Waals surface area contributed by atoms with E-state index >= 15 is 0 Å². The van der Waals surface area contributed by atoms with Crippen molar-refractivity contribution < 1.29 is 9.47 Å². The third-order valence-corrected chi connectivity index (χ3v) is 5.27. The summed E-state index contributed by atoms with van der Waals surface area (Å²) in [4.78, 5) is 0.515. The summed E-state index contributed by atoms with van der Waals surface area (Å²) in [6.45, 7) is 0. The van der Waals surface area contributed by atoms with E-state index in [4.69, 9.17) is 9.47 Å². The van der Waals surface area contributed by atoms with Crippen molar-refractivity contribution in [3.63, 3.8) is 0 Å². The molecule has 0 aliphatic heterocycles. The van der Waals surface area contributed by atoms with Crippen LogP contribution in [-0.4, -0.2) is 19.0 Å². The first-order chi connectivity index (χ1) is 10.2. The number of ether oxygens (including phenoxy) is 2. The van der Waals surface area contributed by atoms with Crippen LogP contribution in [0.4, 0.5) is 0 Å². The van der Waals surface area contributed by atoms with Gasteiger partial charge in [0.05, 0.1) is 14.2 Å². The molecule has 2 nitrogen and oxygen atoms in total. The van der Waals surface area contributed by atoms with Gasteiger partial charge in [-0.1, -0.05) is 52.3 Å². The van der Waals surface area contributed by atoms with E-state index in [2.05, 4.69) is 58.4 Å². The monoisotopic (exact) mass is 346 g/mol. The molecule has 3 heteroatoms. The van der Waals surface area contributed by atoms with E-state index in [1.165, 1.54) is 17.5 Å². The normalized spacial score (nSPS) is 24.2. The van der Waals surface area contributed by atoms with Crippen LogP contribution in [-0.2, 0) is 0 Å². The van der Waals surface area contributed by atoms with Gasteiger partial charge in [0.2, 0.25) is 0 Å². The molecule has 1 fully saturated rings. The first-order valence-electron chi connectivity index (χ1n) is 7.15. The molecule has 0 aromatic heterocycles. The van der Waals surface area contributed by atoms with Crippen LogP contribution in [0.5, 0.6) is 11.5 Å². The Morgan fingerprint density at radius 3 is 2.24 bits per heavy atom. The Labute approximate surface area is 134 Å². The van der Waals surface area contributed by atoms with Gasteiger partial charge in [-0.2, -0.15) is 0 Å². The molecule has 2 aromatic rings. The Hall–Kier alpha value is -1.48. The molecule has 1 saturated carbocycles. The average Bonchev–Trinajstić information content (AvgIpc) is 2.53. The smallest absolute Gasteiger partial charge is 0.160 e. The fourth-order valence-electron chi connectivity index (χ4n) is 3.14. The van der Waals surface area contributed by atoms with Gasteiger partial charge in [0.15, 0.2) is 11.5 Å². The molecule has 0 radical (unpaired) electrons. The first kappa shape index (κ1) is 14.5. The van der Waals surface area contributed by atoms with Crippen LogP contribution < -0.4 is 9.47 Å². The summed E-state index contributed by atoms with van der Waals surface area (Å²) in [6, 6.07) is 17.0. The van der Waals surface area contributed by atoms with Gasteiger partial charge in [-0.25, -0.2) is 0 Å². The summed E-state index contributed by atoms with van der Waals surface area (Å²) in [6.07, 6.45) is 1.17. The number of alkyl halides is 1. The molecule has 0 spiro atoms. The minimum Gasteiger partial charge on any atom is -0.493 e. The molecule has 0 bridgehead atoms. The van der Waals surface area contributed by atoms with E-state index in [0.717, 1.165) is 11.5 Å². The highest BCUT2D eigenvalue weighted by atomic mass is 79.9. The van der Waals surface area contributed by atoms with Crippen LogP contribution in [0.1, 0.15) is 29.4 Å². The molecule has 1 aliphatic rings. The first-order valence-corrected chi connectivity index (χ1v) is 8.07. The Bertz CT molecular complexity index is 612. The van der Waals surface area contributed by atoms with E-state index in [1.807, 2.05) is 6.07 Å². The lowest BCUT2D eigenvalue weighted by Gasteiger charge is -2.42. The third kappa shape index (κ3) is 2.67. The second kappa shape index (κ2) is 6.10. The largest absolute Gasteiger partial charge is 0.493 e. The van der Waals surface area contributed by atoms with Crippen molar-refractivity contribution in [2.45, 2.75) is 23.1 Å². The minimum atomic E-state index is 0.479. The van der Waals surface area contributed by atoms with Gasteiger partial charge < -0.3 is 9.47 Å². The zero-order valence-corrected chi connectivity index (χ0v) is 13.8. The van der Waals surface area contributed by atoms with Crippen molar-refractivity contribution in [3.05, 3.63) is 59.7 Å². The van der Waals surface area contributed by atoms with Crippen LogP contribution in [0.3, 0.4) is 0 Å². The molecule has 21 heavy (non-hydrogen) atoms. The molecule has 0 amide bonds. The topological polar surface area (TPSA) is 18.5 Å². The van der Waals surface area contributed by atoms with Crippen LogP contribution in [0.15, 0.2) is 48.5 Å². The van der Waals surface area contributed by atoms with Gasteiger partial charge in [-0.3, -0.25) is 0 Å². The maximum absolute atomic E-state index is 5.43. The molecule has 0 saturated heterocycles. The predicted molar refractivity (Wildman–Crippen MR) is 88.8 cm³/mol. The molecule has 2 aromatic carbocycles. The second-order valence-electron chi connectivity index (χ2n) is 5.41. The molecule has 0 unspecified atom stereocenters. The molecule has 3 atom stereocenters. The van der Waals surface area contributed by atoms with Crippen LogP contribution in [0.2, 0.25) is 0 Å². The molecule has 110 valence electrons. The number of halogens is 1. The van der Waals surface area contributed by atoms with Crippen molar-refractivity contribution in [1.82, 2.24) is 0 Å². The summed E-state index contributed by atoms with van der Waals surface area (Å²) in [5.41, 5.74) is 2.71. The highest BCUT2D eigenvalue weighted by molar-refractivity contribution is 9.09. The average molecular weight is 347 g/mol. The SMILES string of the molecule is COc1ccc([C@H]2[C@H](Br)C[C@@H]2c2ccccc2)cc1OC. The summed E-state index contributed by atoms with van der Waals surface area (Å²) in [7, 11) is 3.35. The van der Waals surface area contributed by atoms with Crippen molar-refractivity contribution >= 4 is 15.9 Å². The molecule has 0 heterocycles. The summed E-state index contributed by atoms with van der Waals surface area (Å²) in [5, 5.41) is 0. The fourth-order valence-corrected chi connectivity index (χ4v) is 4.21. The number of hydrogen-bond donors (Lipinski definition) is 0. The highest BCUT2D eigenvalue weighted by Gasteiger charge is 2.41. The summed E-state index contributed by atoms with van der Waals surface area (Å²) < 4.78 is 10.8. The van der Waals surface area contributed by atoms with Crippen molar-refractivity contribution in [1.29, 1.82) is 0 Å². The number of rotatable bonds is 4. The third-order valence-electron chi connectivity index (χ3n) is 4.32. The zero-order valence-electron chi connectivity index (χ0n) is 12.3. The van der Waals surface area contributed by atoms with Crippen LogP contribution in [0, 0.1) is 0 Å². The Balaban J connectivity index is 1.91. The standard InChI is InChI=1S/C18H19BrO2/c1-20-16-9-8-13(10-17(16)21-2)18-14(11-15(18)19)12-6-4-3-5-7-12/h3-10,14-15,18H,11H2,1-2H3/t14-,15-,18-/m1/s1. The molecule has 0 N–H and O–H groups in total. The van der Waals surface area contributed by atoms with Gasteiger partial charge in [0.25, 0.3) is 0 Å². The van der Waals surface area contributed by atoms with Crippen molar-refractivity contribution in [2.75, 3.05) is 14.2 Å². The van der Waals surface area contributed by atoms with Crippen LogP contribution in [0.25, 0.3) is 0 Å². The van der Waals surface area contributed by atoms with Crippen LogP contribution >= 0.6 is 15.9 Å². The lowest BCUT2D eigenvalue weighted by atomic mass is 9.67. The minimum absolute atomic E-state index is 0.479. The number of benzene rings is 2. The van der Waals surface area contributed by atoms with Gasteiger partial charge in [-0.15, -0.1) is 0 Å². The molecular weight excluding hydrogens is 328 g/mol. The highest BCUT2D eigenvalue weighted by Crippen LogP contribution is 2.53. The maximum Gasteiger partial charge on any atom is 0.160 e. The van der Waals surface area contributed by atoms with E-state index in [9.17, 15) is 0 Å². The summed E-state index contributed by atoms with van der Waals surface area (Å²) in [5.74, 6) is 2.62. The van der Waals surface area contributed by atoms with Crippen molar-refractivity contribution in [2.24, 2.45) is 0 Å². The lowest BCUT2D eigenvalue weighted by molar-refractivity contribution is 0.346. The maximum atomic E-state index is 5.43. The lowest BCUT2D eigenvalue weighted by Crippen LogP contribution is -2.33. The van der Waals surface area contributed by atoms with Gasteiger partial charge in [-0.05, 0) is 35.6 Å². The van der Waals surface area contributed by atoms with Gasteiger partial charge in [0.1, 0.15) is 0 Å². The predicted octanol–water partition coefficient (Wildman–Crippen LogP) is 4.74. The van der Waals surface area contributed by atoms with E-state index in [-0.39, 0.29) is 0 Å². The van der Waals surface area contributed by atoms with E-state index in [0.29, 0.717) is 16.7 Å². The van der Waals surface area contributed by atoms with Gasteiger partial charge >= 0.3 is 0 Å². The number of methoxy groups -OCH3 is 2. The Kier molecular flexibility index (Phi) is 4.20. The Morgan fingerprint density at radius 1 is 0.905 bits per heavy atom. The second-order valence-corrected chi connectivity index (χ2v) is 6.59. The Morgan fingerprint density at radius 2 is 1.62 bits per heavy atom. The molecular formula is C18H19BrO2. The quantitative estimate of drug-likeness (QED) is 0.744. The molecule has 1 aliphatic carbocycles. The fraction of sp³-hybridized carbons (Fsp3) is 0.333. The van der Waals surface area contributed by atoms with E-state index in [1.54, 1.807) is 14.2 Å². The van der Waals surface area contributed by atoms with E-state index < -0.39 is 0 Å². The van der Waals surface area contributed by atoms with Crippen molar-refractivity contribution in [3.8, 4) is 11.5 Å². The van der Waals surface area contributed by atoms with Gasteiger partial charge in [0, 0.05) is 10.7 Å². The molecule has 3 rings (SSSR count). The number of hydrogen-bond acceptors (Lipinski definition) is 2.